The molecule has 0 heterocycles. The van der Waals surface area contributed by atoms with Gasteiger partial charge in [-0.2, -0.15) is 0 Å². The van der Waals surface area contributed by atoms with E-state index in [0.717, 1.165) is 6.42 Å². The lowest BCUT2D eigenvalue weighted by Crippen LogP contribution is -2.12. The zero-order valence-corrected chi connectivity index (χ0v) is 10.4. The van der Waals surface area contributed by atoms with Crippen molar-refractivity contribution in [3.63, 3.8) is 0 Å². The molecular formula is C12H24O5. The molecule has 5 heteroatoms. The number of aliphatic hydroxyl groups excluding tert-OH is 1. The second kappa shape index (κ2) is 15.5. The van der Waals surface area contributed by atoms with Crippen molar-refractivity contribution in [3.8, 4) is 0 Å². The predicted octanol–water partition coefficient (Wildman–Crippen LogP) is 0.621. The summed E-state index contributed by atoms with van der Waals surface area (Å²) in [6.45, 7) is 8.05. The molecule has 1 N–H and O–H groups in total. The number of aliphatic hydroxyl groups is 1. The standard InChI is InChI=1S/C12H24O5/c1-2-3-5-14-7-9-16-11-12-17-10-8-15-6-4-13/h2,13H,1,3-12H2. The summed E-state index contributed by atoms with van der Waals surface area (Å²) in [5.74, 6) is 0. The fourth-order valence-electron chi connectivity index (χ4n) is 0.993. The van der Waals surface area contributed by atoms with Gasteiger partial charge in [-0.05, 0) is 6.42 Å². The predicted molar refractivity (Wildman–Crippen MR) is 65.2 cm³/mol. The Morgan fingerprint density at radius 2 is 1.12 bits per heavy atom. The molecule has 0 unspecified atom stereocenters. The normalized spacial score (nSPS) is 10.6. The summed E-state index contributed by atoms with van der Waals surface area (Å²) in [6, 6.07) is 0. The van der Waals surface area contributed by atoms with Gasteiger partial charge in [0.25, 0.3) is 0 Å². The second-order valence-corrected chi connectivity index (χ2v) is 3.25. The molecule has 0 aliphatic carbocycles. The molecule has 0 aromatic rings. The Labute approximate surface area is 103 Å². The third-order valence-corrected chi connectivity index (χ3v) is 1.82. The molecule has 0 aromatic heterocycles. The molecule has 0 rings (SSSR count). The van der Waals surface area contributed by atoms with E-state index in [0.29, 0.717) is 52.9 Å². The van der Waals surface area contributed by atoms with Crippen LogP contribution in [-0.2, 0) is 18.9 Å². The van der Waals surface area contributed by atoms with E-state index in [1.54, 1.807) is 0 Å². The van der Waals surface area contributed by atoms with E-state index >= 15 is 0 Å². The van der Waals surface area contributed by atoms with Crippen molar-refractivity contribution in [1.82, 2.24) is 0 Å². The molecule has 0 saturated carbocycles. The van der Waals surface area contributed by atoms with Crippen molar-refractivity contribution in [2.75, 3.05) is 59.5 Å². The second-order valence-electron chi connectivity index (χ2n) is 3.25. The quantitative estimate of drug-likeness (QED) is 0.361. The van der Waals surface area contributed by atoms with Crippen LogP contribution in [0.4, 0.5) is 0 Å². The molecule has 5 nitrogen and oxygen atoms in total. The van der Waals surface area contributed by atoms with Crippen molar-refractivity contribution in [1.29, 1.82) is 0 Å². The first kappa shape index (κ1) is 16.5. The molecule has 17 heavy (non-hydrogen) atoms. The lowest BCUT2D eigenvalue weighted by molar-refractivity contribution is -0.00509. The van der Waals surface area contributed by atoms with Gasteiger partial charge in [-0.15, -0.1) is 6.58 Å². The average molecular weight is 248 g/mol. The van der Waals surface area contributed by atoms with E-state index in [1.165, 1.54) is 0 Å². The van der Waals surface area contributed by atoms with Crippen LogP contribution < -0.4 is 0 Å². The van der Waals surface area contributed by atoms with Gasteiger partial charge in [0.2, 0.25) is 0 Å². The van der Waals surface area contributed by atoms with Crippen molar-refractivity contribution < 1.29 is 24.1 Å². The van der Waals surface area contributed by atoms with Gasteiger partial charge in [0.1, 0.15) is 0 Å². The SMILES string of the molecule is C=CCCOCCOCCOCCOCCO. The first-order chi connectivity index (χ1) is 8.41. The molecule has 0 radical (unpaired) electrons. The highest BCUT2D eigenvalue weighted by Crippen LogP contribution is 1.85. The van der Waals surface area contributed by atoms with E-state index < -0.39 is 0 Å². The summed E-state index contributed by atoms with van der Waals surface area (Å²) in [4.78, 5) is 0. The van der Waals surface area contributed by atoms with Crippen LogP contribution in [0.25, 0.3) is 0 Å². The van der Waals surface area contributed by atoms with Gasteiger partial charge in [0.05, 0.1) is 59.5 Å². The van der Waals surface area contributed by atoms with Crippen molar-refractivity contribution in [2.45, 2.75) is 6.42 Å². The minimum absolute atomic E-state index is 0.0506. The Kier molecular flexibility index (Phi) is 15.1. The summed E-state index contributed by atoms with van der Waals surface area (Å²) in [5.41, 5.74) is 0. The minimum Gasteiger partial charge on any atom is -0.394 e. The number of hydrogen-bond acceptors (Lipinski definition) is 5. The molecule has 0 spiro atoms. The maximum absolute atomic E-state index is 8.44. The van der Waals surface area contributed by atoms with Crippen LogP contribution in [0, 0.1) is 0 Å². The molecule has 0 aromatic carbocycles. The Bertz CT molecular complexity index is 152. The molecule has 102 valence electrons. The van der Waals surface area contributed by atoms with Gasteiger partial charge in [0, 0.05) is 0 Å². The Balaban J connectivity index is 2.87. The molecule has 0 aliphatic heterocycles. The van der Waals surface area contributed by atoms with Crippen LogP contribution in [0.15, 0.2) is 12.7 Å². The smallest absolute Gasteiger partial charge is 0.0701 e. The summed E-state index contributed by atoms with van der Waals surface area (Å²) in [6.07, 6.45) is 2.70. The molecule has 0 fully saturated rings. The van der Waals surface area contributed by atoms with Gasteiger partial charge in [-0.1, -0.05) is 6.08 Å². The zero-order valence-electron chi connectivity index (χ0n) is 10.4. The highest BCUT2D eigenvalue weighted by atomic mass is 16.6. The fourth-order valence-corrected chi connectivity index (χ4v) is 0.993. The van der Waals surface area contributed by atoms with Crippen LogP contribution in [-0.4, -0.2) is 64.6 Å². The van der Waals surface area contributed by atoms with Gasteiger partial charge in [0.15, 0.2) is 0 Å². The Morgan fingerprint density at radius 3 is 1.53 bits per heavy atom. The number of rotatable bonds is 14. The lowest BCUT2D eigenvalue weighted by atomic mass is 10.5. The Hall–Kier alpha value is -0.460. The van der Waals surface area contributed by atoms with E-state index in [2.05, 4.69) is 6.58 Å². The van der Waals surface area contributed by atoms with Crippen LogP contribution in [0.2, 0.25) is 0 Å². The first-order valence-corrected chi connectivity index (χ1v) is 5.94. The topological polar surface area (TPSA) is 57.2 Å². The maximum atomic E-state index is 8.44. The lowest BCUT2D eigenvalue weighted by Gasteiger charge is -2.06. The van der Waals surface area contributed by atoms with E-state index in [4.69, 9.17) is 24.1 Å². The van der Waals surface area contributed by atoms with Crippen molar-refractivity contribution in [2.24, 2.45) is 0 Å². The minimum atomic E-state index is 0.0506. The summed E-state index contributed by atoms with van der Waals surface area (Å²) in [5, 5.41) is 8.44. The zero-order chi connectivity index (χ0) is 12.6. The van der Waals surface area contributed by atoms with Crippen molar-refractivity contribution >= 4 is 0 Å². The number of ether oxygens (including phenoxy) is 4. The van der Waals surface area contributed by atoms with Gasteiger partial charge in [-0.25, -0.2) is 0 Å². The van der Waals surface area contributed by atoms with E-state index in [1.807, 2.05) is 6.08 Å². The molecule has 0 saturated heterocycles. The highest BCUT2D eigenvalue weighted by molar-refractivity contribution is 4.64. The molecular weight excluding hydrogens is 224 g/mol. The summed E-state index contributed by atoms with van der Waals surface area (Å²) >= 11 is 0. The molecule has 0 bridgehead atoms. The fraction of sp³-hybridized carbons (Fsp3) is 0.833. The van der Waals surface area contributed by atoms with E-state index in [9.17, 15) is 0 Å². The molecule has 0 amide bonds. The first-order valence-electron chi connectivity index (χ1n) is 5.94. The van der Waals surface area contributed by atoms with Crippen molar-refractivity contribution in [3.05, 3.63) is 12.7 Å². The van der Waals surface area contributed by atoms with Crippen LogP contribution in [0.5, 0.6) is 0 Å². The molecule has 0 atom stereocenters. The molecule has 0 aliphatic rings. The van der Waals surface area contributed by atoms with Gasteiger partial charge >= 0.3 is 0 Å². The Morgan fingerprint density at radius 1 is 0.706 bits per heavy atom. The number of hydrogen-bond donors (Lipinski definition) is 1. The average Bonchev–Trinajstić information content (AvgIpc) is 2.35. The van der Waals surface area contributed by atoms with Gasteiger partial charge in [-0.3, -0.25) is 0 Å². The third kappa shape index (κ3) is 15.5. The van der Waals surface area contributed by atoms with Crippen LogP contribution >= 0.6 is 0 Å². The van der Waals surface area contributed by atoms with Crippen LogP contribution in [0.3, 0.4) is 0 Å². The maximum Gasteiger partial charge on any atom is 0.0701 e. The third-order valence-electron chi connectivity index (χ3n) is 1.82. The van der Waals surface area contributed by atoms with Crippen LogP contribution in [0.1, 0.15) is 6.42 Å². The monoisotopic (exact) mass is 248 g/mol. The largest absolute Gasteiger partial charge is 0.394 e. The summed E-state index contributed by atoms with van der Waals surface area (Å²) in [7, 11) is 0. The summed E-state index contributed by atoms with van der Waals surface area (Å²) < 4.78 is 20.8. The highest BCUT2D eigenvalue weighted by Gasteiger charge is 1.91. The van der Waals surface area contributed by atoms with Gasteiger partial charge < -0.3 is 24.1 Å². The van der Waals surface area contributed by atoms with E-state index in [-0.39, 0.29) is 6.61 Å².